The van der Waals surface area contributed by atoms with Crippen LogP contribution in [0.4, 0.5) is 17.1 Å². The zero-order valence-electron chi connectivity index (χ0n) is 34.3. The average molecular weight is 768 g/mol. The summed E-state index contributed by atoms with van der Waals surface area (Å²) in [4.78, 5) is 2.51. The van der Waals surface area contributed by atoms with Crippen molar-refractivity contribution in [1.82, 2.24) is 0 Å². The SMILES string of the molecule is C=CC1=C(/C=C\C)c2ccc(N(c3ccccc3-c3ccccc3)c3ccccc3-c3cccc4c3C3(c5ccccc5-c5ccccc53)c3ccccc3-4)cc2C1(C)C. The van der Waals surface area contributed by atoms with Crippen molar-refractivity contribution in [2.75, 3.05) is 4.90 Å². The van der Waals surface area contributed by atoms with Gasteiger partial charge in [-0.2, -0.15) is 0 Å². The van der Waals surface area contributed by atoms with Crippen LogP contribution in [0.25, 0.3) is 50.1 Å². The Morgan fingerprint density at radius 3 is 1.53 bits per heavy atom. The van der Waals surface area contributed by atoms with E-state index in [0.717, 1.165) is 17.1 Å². The monoisotopic (exact) mass is 767 g/mol. The highest BCUT2D eigenvalue weighted by molar-refractivity contribution is 6.02. The molecule has 0 aromatic heterocycles. The third-order valence-corrected chi connectivity index (χ3v) is 13.4. The fraction of sp³-hybridized carbons (Fsp3) is 0.0847. The molecule has 0 unspecified atom stereocenters. The van der Waals surface area contributed by atoms with Crippen molar-refractivity contribution in [3.05, 3.63) is 252 Å². The Balaban J connectivity index is 1.21. The van der Waals surface area contributed by atoms with Gasteiger partial charge in [-0.15, -0.1) is 0 Å². The number of hydrogen-bond donors (Lipinski definition) is 0. The summed E-state index contributed by atoms with van der Waals surface area (Å²) in [5.41, 5.74) is 23.1. The van der Waals surface area contributed by atoms with E-state index in [-0.39, 0.29) is 5.41 Å². The Hall–Kier alpha value is -7.22. The molecule has 8 aromatic rings. The van der Waals surface area contributed by atoms with Gasteiger partial charge in [-0.3, -0.25) is 0 Å². The van der Waals surface area contributed by atoms with Gasteiger partial charge in [0, 0.05) is 22.2 Å². The van der Waals surface area contributed by atoms with E-state index in [9.17, 15) is 0 Å². The largest absolute Gasteiger partial charge is 0.309 e. The highest BCUT2D eigenvalue weighted by atomic mass is 15.1. The van der Waals surface area contributed by atoms with Crippen molar-refractivity contribution in [3.63, 3.8) is 0 Å². The van der Waals surface area contributed by atoms with Crippen molar-refractivity contribution in [1.29, 1.82) is 0 Å². The quantitative estimate of drug-likeness (QED) is 0.156. The Morgan fingerprint density at radius 1 is 0.450 bits per heavy atom. The Labute approximate surface area is 354 Å². The van der Waals surface area contributed by atoms with E-state index in [1.165, 1.54) is 89.0 Å². The fourth-order valence-corrected chi connectivity index (χ4v) is 11.0. The minimum absolute atomic E-state index is 0.228. The third kappa shape index (κ3) is 4.93. The lowest BCUT2D eigenvalue weighted by atomic mass is 9.68. The lowest BCUT2D eigenvalue weighted by Crippen LogP contribution is -2.26. The van der Waals surface area contributed by atoms with Gasteiger partial charge in [0.2, 0.25) is 0 Å². The first kappa shape index (κ1) is 35.9. The normalized spacial score (nSPS) is 14.8. The molecule has 0 saturated carbocycles. The summed E-state index contributed by atoms with van der Waals surface area (Å²) in [7, 11) is 0. The maximum atomic E-state index is 4.30. The molecular weight excluding hydrogens is 723 g/mol. The molecule has 60 heavy (non-hydrogen) atoms. The lowest BCUT2D eigenvalue weighted by Gasteiger charge is -2.34. The minimum Gasteiger partial charge on any atom is -0.309 e. The molecule has 0 atom stereocenters. The lowest BCUT2D eigenvalue weighted by molar-refractivity contribution is 0.654. The number of benzene rings is 8. The van der Waals surface area contributed by atoms with Crippen molar-refractivity contribution >= 4 is 22.6 Å². The van der Waals surface area contributed by atoms with E-state index in [1.807, 2.05) is 0 Å². The number of nitrogens with zero attached hydrogens (tertiary/aromatic N) is 1. The molecule has 0 radical (unpaired) electrons. The zero-order chi connectivity index (χ0) is 40.6. The van der Waals surface area contributed by atoms with Crippen LogP contribution in [0, 0.1) is 0 Å². The van der Waals surface area contributed by atoms with Gasteiger partial charge in [-0.05, 0) is 109 Å². The number of hydrogen-bond acceptors (Lipinski definition) is 1. The molecule has 11 rings (SSSR count). The summed E-state index contributed by atoms with van der Waals surface area (Å²) in [6, 6.07) is 70.1. The number of para-hydroxylation sites is 2. The van der Waals surface area contributed by atoms with Crippen molar-refractivity contribution in [2.24, 2.45) is 0 Å². The molecule has 1 heteroatoms. The van der Waals surface area contributed by atoms with Crippen LogP contribution in [0.2, 0.25) is 0 Å². The van der Waals surface area contributed by atoms with Gasteiger partial charge < -0.3 is 4.90 Å². The van der Waals surface area contributed by atoms with Crippen LogP contribution in [-0.2, 0) is 10.8 Å². The van der Waals surface area contributed by atoms with Crippen molar-refractivity contribution < 1.29 is 0 Å². The van der Waals surface area contributed by atoms with Crippen LogP contribution in [0.3, 0.4) is 0 Å². The highest BCUT2D eigenvalue weighted by Gasteiger charge is 2.52. The predicted octanol–water partition coefficient (Wildman–Crippen LogP) is 15.6. The van der Waals surface area contributed by atoms with Crippen LogP contribution in [0.15, 0.2) is 218 Å². The smallest absolute Gasteiger partial charge is 0.0731 e. The van der Waals surface area contributed by atoms with E-state index < -0.39 is 5.41 Å². The molecule has 0 fully saturated rings. The molecule has 0 saturated heterocycles. The molecule has 286 valence electrons. The molecular formula is C59H45N. The summed E-state index contributed by atoms with van der Waals surface area (Å²) in [6.07, 6.45) is 6.43. The van der Waals surface area contributed by atoms with E-state index >= 15 is 0 Å². The molecule has 0 N–H and O–H groups in total. The predicted molar refractivity (Wildman–Crippen MR) is 253 cm³/mol. The first-order valence-electron chi connectivity index (χ1n) is 21.1. The van der Waals surface area contributed by atoms with Gasteiger partial charge >= 0.3 is 0 Å². The Kier molecular flexibility index (Phi) is 8.19. The minimum atomic E-state index is -0.483. The van der Waals surface area contributed by atoms with Crippen molar-refractivity contribution in [3.8, 4) is 44.5 Å². The molecule has 0 heterocycles. The summed E-state index contributed by atoms with van der Waals surface area (Å²) in [5.74, 6) is 0. The van der Waals surface area contributed by atoms with Gasteiger partial charge in [0.25, 0.3) is 0 Å². The maximum absolute atomic E-state index is 4.30. The van der Waals surface area contributed by atoms with Gasteiger partial charge in [0.1, 0.15) is 0 Å². The van der Waals surface area contributed by atoms with Crippen LogP contribution in [-0.4, -0.2) is 0 Å². The van der Waals surface area contributed by atoms with Crippen LogP contribution in [0.1, 0.15) is 54.2 Å². The van der Waals surface area contributed by atoms with Gasteiger partial charge in [-0.25, -0.2) is 0 Å². The van der Waals surface area contributed by atoms with Gasteiger partial charge in [0.05, 0.1) is 16.8 Å². The van der Waals surface area contributed by atoms with Crippen LogP contribution < -0.4 is 4.90 Å². The van der Waals surface area contributed by atoms with Gasteiger partial charge in [0.15, 0.2) is 0 Å². The summed E-state index contributed by atoms with van der Waals surface area (Å²) < 4.78 is 0. The molecule has 3 aliphatic carbocycles. The molecule has 0 bridgehead atoms. The second kappa shape index (κ2) is 13.7. The average Bonchev–Trinajstić information content (AvgIpc) is 3.85. The third-order valence-electron chi connectivity index (χ3n) is 13.4. The molecule has 3 aliphatic rings. The molecule has 0 aliphatic heterocycles. The first-order valence-corrected chi connectivity index (χ1v) is 21.1. The molecule has 8 aromatic carbocycles. The van der Waals surface area contributed by atoms with Crippen LogP contribution in [0.5, 0.6) is 0 Å². The number of rotatable bonds is 7. The number of anilines is 3. The molecule has 1 spiro atoms. The molecule has 0 amide bonds. The Morgan fingerprint density at radius 2 is 0.933 bits per heavy atom. The standard InChI is InChI=1S/C59H45N/c1-5-21-42-46-37-36-40(38-54(46)58(3,4)50(42)6-2)60(55-34-18-13-24-41(55)39-22-8-7-9-23-39)56-35-19-14-28-47(56)49-30-20-29-48-45-27-12-17-33-53(45)59(57(48)49)51-31-15-10-25-43(51)44-26-11-16-32-52(44)59/h5-38H,2H2,1,3-4H3/b21-5-. The fourth-order valence-electron chi connectivity index (χ4n) is 11.0. The maximum Gasteiger partial charge on any atom is 0.0731 e. The van der Waals surface area contributed by atoms with E-state index in [0.29, 0.717) is 0 Å². The van der Waals surface area contributed by atoms with E-state index in [4.69, 9.17) is 0 Å². The highest BCUT2D eigenvalue weighted by Crippen LogP contribution is 2.65. The first-order chi connectivity index (χ1) is 29.5. The summed E-state index contributed by atoms with van der Waals surface area (Å²) in [6.45, 7) is 11.1. The Bertz CT molecular complexity index is 3040. The zero-order valence-corrected chi connectivity index (χ0v) is 34.3. The van der Waals surface area contributed by atoms with E-state index in [1.54, 1.807) is 0 Å². The summed E-state index contributed by atoms with van der Waals surface area (Å²) in [5, 5.41) is 0. The van der Waals surface area contributed by atoms with Crippen molar-refractivity contribution in [2.45, 2.75) is 31.6 Å². The van der Waals surface area contributed by atoms with Crippen LogP contribution >= 0.6 is 0 Å². The topological polar surface area (TPSA) is 3.24 Å². The second-order valence-corrected chi connectivity index (χ2v) is 16.7. The van der Waals surface area contributed by atoms with Gasteiger partial charge in [-0.1, -0.05) is 202 Å². The molecule has 1 nitrogen and oxygen atoms in total. The second-order valence-electron chi connectivity index (χ2n) is 16.7. The van der Waals surface area contributed by atoms with E-state index in [2.05, 4.69) is 239 Å². The summed E-state index contributed by atoms with van der Waals surface area (Å²) >= 11 is 0. The number of fused-ring (bicyclic) bond motifs is 11. The number of allylic oxidation sites excluding steroid dienone is 5.